The lowest BCUT2D eigenvalue weighted by molar-refractivity contribution is -0.137. The van der Waals surface area contributed by atoms with Crippen molar-refractivity contribution in [1.29, 1.82) is 0 Å². The minimum absolute atomic E-state index is 0.00822. The molecular weight excluding hydrogens is 399 g/mol. The second kappa shape index (κ2) is 9.43. The number of nitrogens with zero attached hydrogens (tertiary/aromatic N) is 1. The number of alkyl halides is 3. The third-order valence-electron chi connectivity index (χ3n) is 4.35. The van der Waals surface area contributed by atoms with Gasteiger partial charge in [-0.15, -0.1) is 0 Å². The molecule has 0 radical (unpaired) electrons. The van der Waals surface area contributed by atoms with Gasteiger partial charge >= 0.3 is 6.18 Å². The fourth-order valence-electron chi connectivity index (χ4n) is 2.57. The topological polar surface area (TPSA) is 78.5 Å². The number of benzene rings is 2. The van der Waals surface area contributed by atoms with Gasteiger partial charge in [0.15, 0.2) is 0 Å². The molecule has 2 aromatic carbocycles. The highest BCUT2D eigenvalue weighted by Crippen LogP contribution is 2.29. The Morgan fingerprint density at radius 3 is 2.23 bits per heavy atom. The normalized spacial score (nSPS) is 11.0. The summed E-state index contributed by atoms with van der Waals surface area (Å²) in [4.78, 5) is 37.5. The molecule has 0 bridgehead atoms. The zero-order chi connectivity index (χ0) is 22.5. The van der Waals surface area contributed by atoms with Crippen LogP contribution < -0.4 is 10.6 Å². The minimum atomic E-state index is -4.49. The predicted molar refractivity (Wildman–Crippen MR) is 106 cm³/mol. The monoisotopic (exact) mass is 421 g/mol. The molecular formula is C21H22F3N3O3. The molecule has 0 heterocycles. The molecule has 2 N–H and O–H groups in total. The number of anilines is 1. The molecule has 0 spiro atoms. The molecule has 0 aliphatic carbocycles. The molecule has 6 nitrogen and oxygen atoms in total. The van der Waals surface area contributed by atoms with Crippen molar-refractivity contribution < 1.29 is 27.6 Å². The van der Waals surface area contributed by atoms with E-state index in [-0.39, 0.29) is 12.1 Å². The Morgan fingerprint density at radius 2 is 1.63 bits per heavy atom. The number of amides is 3. The number of rotatable bonds is 6. The summed E-state index contributed by atoms with van der Waals surface area (Å²) < 4.78 is 37.7. The van der Waals surface area contributed by atoms with Crippen molar-refractivity contribution in [3.05, 3.63) is 64.7 Å². The van der Waals surface area contributed by atoms with Crippen molar-refractivity contribution in [1.82, 2.24) is 10.2 Å². The van der Waals surface area contributed by atoms with Gasteiger partial charge in [-0.25, -0.2) is 0 Å². The van der Waals surface area contributed by atoms with Crippen LogP contribution in [-0.2, 0) is 15.8 Å². The number of hydrogen-bond acceptors (Lipinski definition) is 3. The van der Waals surface area contributed by atoms with E-state index in [0.29, 0.717) is 5.69 Å². The maximum Gasteiger partial charge on any atom is 0.416 e. The summed E-state index contributed by atoms with van der Waals surface area (Å²) in [7, 11) is 1.41. The van der Waals surface area contributed by atoms with E-state index in [2.05, 4.69) is 10.6 Å². The van der Waals surface area contributed by atoms with Crippen LogP contribution in [0.15, 0.2) is 42.5 Å². The van der Waals surface area contributed by atoms with Gasteiger partial charge in [0.1, 0.15) is 0 Å². The third kappa shape index (κ3) is 6.33. The maximum atomic E-state index is 12.6. The standard InChI is InChI=1S/C21H22F3N3O3/c1-13-4-5-14(2)17(10-13)26-18(28)12-27(3)19(29)11-25-20(30)15-6-8-16(9-7-15)21(22,23)24/h4-10H,11-12H2,1-3H3,(H,25,30)(H,26,28). The molecule has 0 aliphatic heterocycles. The van der Waals surface area contributed by atoms with Gasteiger partial charge in [-0.1, -0.05) is 12.1 Å². The van der Waals surface area contributed by atoms with E-state index < -0.39 is 36.0 Å². The van der Waals surface area contributed by atoms with Crippen LogP contribution >= 0.6 is 0 Å². The SMILES string of the molecule is Cc1ccc(C)c(NC(=O)CN(C)C(=O)CNC(=O)c2ccc(C(F)(F)F)cc2)c1. The quantitative estimate of drug-likeness (QED) is 0.752. The number of aryl methyl sites for hydroxylation is 2. The molecule has 9 heteroatoms. The second-order valence-corrected chi connectivity index (χ2v) is 6.87. The summed E-state index contributed by atoms with van der Waals surface area (Å²) in [5, 5.41) is 5.07. The average molecular weight is 421 g/mol. The highest BCUT2D eigenvalue weighted by atomic mass is 19.4. The lowest BCUT2D eigenvalue weighted by Gasteiger charge is -2.18. The second-order valence-electron chi connectivity index (χ2n) is 6.87. The molecule has 160 valence electrons. The number of hydrogen-bond donors (Lipinski definition) is 2. The summed E-state index contributed by atoms with van der Waals surface area (Å²) in [5.74, 6) is -1.61. The van der Waals surface area contributed by atoms with Crippen LogP contribution in [0, 0.1) is 13.8 Å². The molecule has 0 fully saturated rings. The molecule has 0 unspecified atom stereocenters. The molecule has 0 atom stereocenters. The zero-order valence-electron chi connectivity index (χ0n) is 16.8. The van der Waals surface area contributed by atoms with Crippen LogP contribution in [0.5, 0.6) is 0 Å². The van der Waals surface area contributed by atoms with Crippen molar-refractivity contribution in [2.75, 3.05) is 25.5 Å². The summed E-state index contributed by atoms with van der Waals surface area (Å²) in [6.07, 6.45) is -4.49. The largest absolute Gasteiger partial charge is 0.416 e. The molecule has 0 aromatic heterocycles. The van der Waals surface area contributed by atoms with Crippen LogP contribution in [0.4, 0.5) is 18.9 Å². The molecule has 30 heavy (non-hydrogen) atoms. The van der Waals surface area contributed by atoms with Crippen molar-refractivity contribution in [2.45, 2.75) is 20.0 Å². The van der Waals surface area contributed by atoms with Crippen LogP contribution in [0.25, 0.3) is 0 Å². The summed E-state index contributed by atoms with van der Waals surface area (Å²) >= 11 is 0. The number of halogens is 3. The highest BCUT2D eigenvalue weighted by Gasteiger charge is 2.30. The molecule has 0 saturated carbocycles. The van der Waals surface area contributed by atoms with Crippen molar-refractivity contribution >= 4 is 23.4 Å². The van der Waals surface area contributed by atoms with E-state index in [1.165, 1.54) is 7.05 Å². The highest BCUT2D eigenvalue weighted by molar-refractivity contribution is 5.98. The first-order valence-electron chi connectivity index (χ1n) is 9.04. The number of carbonyl (C=O) groups excluding carboxylic acids is 3. The van der Waals surface area contributed by atoms with E-state index in [1.54, 1.807) is 0 Å². The van der Waals surface area contributed by atoms with E-state index in [4.69, 9.17) is 0 Å². The molecule has 2 aromatic rings. The third-order valence-corrected chi connectivity index (χ3v) is 4.35. The molecule has 3 amide bonds. The molecule has 2 rings (SSSR count). The van der Waals surface area contributed by atoms with Crippen molar-refractivity contribution in [2.24, 2.45) is 0 Å². The van der Waals surface area contributed by atoms with Crippen LogP contribution in [0.3, 0.4) is 0 Å². The number of likely N-dealkylation sites (N-methyl/N-ethyl adjacent to an activating group) is 1. The van der Waals surface area contributed by atoms with Crippen LogP contribution in [-0.4, -0.2) is 42.8 Å². The van der Waals surface area contributed by atoms with E-state index in [9.17, 15) is 27.6 Å². The Bertz CT molecular complexity index is 941. The summed E-state index contributed by atoms with van der Waals surface area (Å²) in [6, 6.07) is 9.25. The predicted octanol–water partition coefficient (Wildman–Crippen LogP) is 3.15. The molecule has 0 saturated heterocycles. The first kappa shape index (κ1) is 22.9. The van der Waals surface area contributed by atoms with Gasteiger partial charge in [-0.05, 0) is 55.3 Å². The molecule has 0 aliphatic rings. The Hall–Kier alpha value is -3.36. The van der Waals surface area contributed by atoms with E-state index in [0.717, 1.165) is 40.3 Å². The Kier molecular flexibility index (Phi) is 7.20. The fourth-order valence-corrected chi connectivity index (χ4v) is 2.57. The minimum Gasteiger partial charge on any atom is -0.343 e. The summed E-state index contributed by atoms with van der Waals surface area (Å²) in [6.45, 7) is 3.13. The van der Waals surface area contributed by atoms with E-state index >= 15 is 0 Å². The lowest BCUT2D eigenvalue weighted by Crippen LogP contribution is -2.41. The Labute approximate surface area is 172 Å². The maximum absolute atomic E-state index is 12.6. The Morgan fingerprint density at radius 1 is 1.00 bits per heavy atom. The van der Waals surface area contributed by atoms with Gasteiger partial charge in [-0.2, -0.15) is 13.2 Å². The van der Waals surface area contributed by atoms with Gasteiger partial charge in [0.2, 0.25) is 11.8 Å². The van der Waals surface area contributed by atoms with Gasteiger partial charge in [0, 0.05) is 18.3 Å². The van der Waals surface area contributed by atoms with Gasteiger partial charge in [0.05, 0.1) is 18.7 Å². The van der Waals surface area contributed by atoms with E-state index in [1.807, 2.05) is 32.0 Å². The smallest absolute Gasteiger partial charge is 0.343 e. The van der Waals surface area contributed by atoms with Gasteiger partial charge in [-0.3, -0.25) is 14.4 Å². The number of nitrogens with one attached hydrogen (secondary N) is 2. The Balaban J connectivity index is 1.85. The lowest BCUT2D eigenvalue weighted by atomic mass is 10.1. The number of carbonyl (C=O) groups is 3. The zero-order valence-corrected chi connectivity index (χ0v) is 16.8. The van der Waals surface area contributed by atoms with Crippen molar-refractivity contribution in [3.63, 3.8) is 0 Å². The summed E-state index contributed by atoms with van der Waals surface area (Å²) in [5.41, 5.74) is 1.63. The van der Waals surface area contributed by atoms with Gasteiger partial charge in [0.25, 0.3) is 5.91 Å². The van der Waals surface area contributed by atoms with Gasteiger partial charge < -0.3 is 15.5 Å². The average Bonchev–Trinajstić information content (AvgIpc) is 2.68. The fraction of sp³-hybridized carbons (Fsp3) is 0.286. The first-order valence-corrected chi connectivity index (χ1v) is 9.04. The van der Waals surface area contributed by atoms with Crippen LogP contribution in [0.2, 0.25) is 0 Å². The van der Waals surface area contributed by atoms with Crippen LogP contribution in [0.1, 0.15) is 27.0 Å². The van der Waals surface area contributed by atoms with Crippen molar-refractivity contribution in [3.8, 4) is 0 Å². The first-order chi connectivity index (χ1) is 14.0.